The first-order valence-electron chi connectivity index (χ1n) is 7.04. The van der Waals surface area contributed by atoms with Crippen molar-refractivity contribution in [1.82, 2.24) is 15.2 Å². The molecule has 0 amide bonds. The number of benzene rings is 1. The molecule has 0 spiro atoms. The number of rotatable bonds is 6. The predicted octanol–water partition coefficient (Wildman–Crippen LogP) is 3.81. The molecule has 21 heavy (non-hydrogen) atoms. The second kappa shape index (κ2) is 7.22. The van der Waals surface area contributed by atoms with Crippen LogP contribution in [0, 0.1) is 6.92 Å². The van der Waals surface area contributed by atoms with Gasteiger partial charge in [-0.15, -0.1) is 5.10 Å². The molecule has 1 aromatic heterocycles. The summed E-state index contributed by atoms with van der Waals surface area (Å²) in [6, 6.07) is 5.73. The summed E-state index contributed by atoms with van der Waals surface area (Å²) in [7, 11) is 1.97. The van der Waals surface area contributed by atoms with Crippen LogP contribution in [0.15, 0.2) is 24.4 Å². The van der Waals surface area contributed by atoms with Crippen molar-refractivity contribution in [3.8, 4) is 0 Å². The Balaban J connectivity index is 2.16. The van der Waals surface area contributed by atoms with Crippen molar-refractivity contribution in [2.75, 3.05) is 23.8 Å². The van der Waals surface area contributed by atoms with Gasteiger partial charge in [-0.2, -0.15) is 10.1 Å². The van der Waals surface area contributed by atoms with Gasteiger partial charge in [0.2, 0.25) is 5.95 Å². The molecule has 0 saturated carbocycles. The molecule has 0 atom stereocenters. The van der Waals surface area contributed by atoms with Crippen LogP contribution in [0.4, 0.5) is 17.5 Å². The minimum absolute atomic E-state index is 0.619. The molecule has 0 aliphatic heterocycles. The van der Waals surface area contributed by atoms with E-state index in [0.717, 1.165) is 35.7 Å². The number of aromatic nitrogens is 3. The minimum atomic E-state index is 0.619. The lowest BCUT2D eigenvalue weighted by Gasteiger charge is -2.16. The number of unbranched alkanes of at least 4 members (excludes halogenated alkanes) is 1. The number of hydrogen-bond acceptors (Lipinski definition) is 5. The molecule has 0 bridgehead atoms. The maximum absolute atomic E-state index is 6.12. The smallest absolute Gasteiger partial charge is 0.247 e. The van der Waals surface area contributed by atoms with Gasteiger partial charge >= 0.3 is 0 Å². The summed E-state index contributed by atoms with van der Waals surface area (Å²) in [4.78, 5) is 6.50. The van der Waals surface area contributed by atoms with Crippen LogP contribution in [0.25, 0.3) is 0 Å². The Morgan fingerprint density at radius 1 is 1.33 bits per heavy atom. The normalized spacial score (nSPS) is 10.5. The summed E-state index contributed by atoms with van der Waals surface area (Å²) in [6.07, 6.45) is 3.85. The van der Waals surface area contributed by atoms with E-state index >= 15 is 0 Å². The molecule has 0 unspecified atom stereocenters. The largest absolute Gasteiger partial charge is 0.343 e. The molecule has 2 rings (SSSR count). The van der Waals surface area contributed by atoms with E-state index in [-0.39, 0.29) is 0 Å². The van der Waals surface area contributed by atoms with E-state index in [1.807, 2.05) is 37.1 Å². The molecule has 5 nitrogen and oxygen atoms in total. The van der Waals surface area contributed by atoms with Crippen molar-refractivity contribution in [3.05, 3.63) is 35.0 Å². The summed E-state index contributed by atoms with van der Waals surface area (Å²) in [6.45, 7) is 5.04. The Hall–Kier alpha value is -1.88. The van der Waals surface area contributed by atoms with Crippen molar-refractivity contribution in [1.29, 1.82) is 0 Å². The van der Waals surface area contributed by atoms with Crippen LogP contribution in [0.5, 0.6) is 0 Å². The fourth-order valence-corrected chi connectivity index (χ4v) is 2.07. The van der Waals surface area contributed by atoms with E-state index in [1.54, 1.807) is 6.20 Å². The van der Waals surface area contributed by atoms with E-state index < -0.39 is 0 Å². The monoisotopic (exact) mass is 305 g/mol. The molecule has 0 aliphatic carbocycles. The SMILES string of the molecule is CCCCN(C)c1nncc(Nc2cccc(Cl)c2C)n1. The number of anilines is 3. The van der Waals surface area contributed by atoms with E-state index in [1.165, 1.54) is 0 Å². The first-order chi connectivity index (χ1) is 10.1. The van der Waals surface area contributed by atoms with Crippen LogP contribution >= 0.6 is 11.6 Å². The van der Waals surface area contributed by atoms with Gasteiger partial charge in [0, 0.05) is 24.3 Å². The maximum atomic E-state index is 6.12. The van der Waals surface area contributed by atoms with Gasteiger partial charge in [-0.1, -0.05) is 31.0 Å². The molecule has 2 aromatic rings. The topological polar surface area (TPSA) is 53.9 Å². The Morgan fingerprint density at radius 2 is 2.14 bits per heavy atom. The molecule has 1 N–H and O–H groups in total. The van der Waals surface area contributed by atoms with Crippen molar-refractivity contribution < 1.29 is 0 Å². The highest BCUT2D eigenvalue weighted by molar-refractivity contribution is 6.31. The Labute approximate surface area is 130 Å². The Bertz CT molecular complexity index is 602. The fourth-order valence-electron chi connectivity index (χ4n) is 1.89. The molecule has 6 heteroatoms. The molecule has 1 aromatic carbocycles. The predicted molar refractivity (Wildman–Crippen MR) is 87.5 cm³/mol. The average molecular weight is 306 g/mol. The van der Waals surface area contributed by atoms with Crippen molar-refractivity contribution in [3.63, 3.8) is 0 Å². The van der Waals surface area contributed by atoms with Gasteiger partial charge < -0.3 is 10.2 Å². The highest BCUT2D eigenvalue weighted by Gasteiger charge is 2.08. The van der Waals surface area contributed by atoms with Crippen LogP contribution in [-0.4, -0.2) is 28.8 Å². The third kappa shape index (κ3) is 4.04. The second-order valence-electron chi connectivity index (χ2n) is 4.95. The quantitative estimate of drug-likeness (QED) is 0.879. The maximum Gasteiger partial charge on any atom is 0.247 e. The number of hydrogen-bond donors (Lipinski definition) is 1. The van der Waals surface area contributed by atoms with Crippen LogP contribution in [0.3, 0.4) is 0 Å². The van der Waals surface area contributed by atoms with Crippen LogP contribution in [-0.2, 0) is 0 Å². The van der Waals surface area contributed by atoms with E-state index in [9.17, 15) is 0 Å². The van der Waals surface area contributed by atoms with Gasteiger partial charge in [0.25, 0.3) is 0 Å². The van der Waals surface area contributed by atoms with Crippen molar-refractivity contribution in [2.24, 2.45) is 0 Å². The van der Waals surface area contributed by atoms with Crippen molar-refractivity contribution >= 4 is 29.1 Å². The van der Waals surface area contributed by atoms with Gasteiger partial charge in [0.1, 0.15) is 0 Å². The molecule has 0 fully saturated rings. The van der Waals surface area contributed by atoms with Gasteiger partial charge in [-0.25, -0.2) is 0 Å². The van der Waals surface area contributed by atoms with Gasteiger partial charge in [0.15, 0.2) is 5.82 Å². The molecule has 0 radical (unpaired) electrons. The second-order valence-corrected chi connectivity index (χ2v) is 5.36. The van der Waals surface area contributed by atoms with Crippen LogP contribution < -0.4 is 10.2 Å². The van der Waals surface area contributed by atoms with Crippen molar-refractivity contribution in [2.45, 2.75) is 26.7 Å². The zero-order chi connectivity index (χ0) is 15.2. The highest BCUT2D eigenvalue weighted by atomic mass is 35.5. The lowest BCUT2D eigenvalue weighted by molar-refractivity contribution is 0.741. The Kier molecular flexibility index (Phi) is 5.33. The third-order valence-electron chi connectivity index (χ3n) is 3.27. The minimum Gasteiger partial charge on any atom is -0.343 e. The average Bonchev–Trinajstić information content (AvgIpc) is 2.50. The molecule has 112 valence electrons. The van der Waals surface area contributed by atoms with E-state index in [0.29, 0.717) is 11.8 Å². The summed E-state index contributed by atoms with van der Waals surface area (Å²) in [5, 5.41) is 12.0. The standard InChI is InChI=1S/C15H20ClN5/c1-4-5-9-21(3)15-19-14(10-17-20-15)18-13-8-6-7-12(16)11(13)2/h6-8,10H,4-5,9H2,1-3H3,(H,18,19,20). The molecule has 0 saturated heterocycles. The number of nitrogens with one attached hydrogen (secondary N) is 1. The lowest BCUT2D eigenvalue weighted by atomic mass is 10.2. The summed E-state index contributed by atoms with van der Waals surface area (Å²) < 4.78 is 0. The van der Waals surface area contributed by atoms with Gasteiger partial charge in [-0.05, 0) is 31.0 Å². The van der Waals surface area contributed by atoms with Crippen LogP contribution in [0.1, 0.15) is 25.3 Å². The summed E-state index contributed by atoms with van der Waals surface area (Å²) in [5.74, 6) is 1.28. The lowest BCUT2D eigenvalue weighted by Crippen LogP contribution is -2.21. The molecule has 0 aliphatic rings. The van der Waals surface area contributed by atoms with E-state index in [4.69, 9.17) is 11.6 Å². The Morgan fingerprint density at radius 3 is 2.90 bits per heavy atom. The third-order valence-corrected chi connectivity index (χ3v) is 3.68. The summed E-state index contributed by atoms with van der Waals surface area (Å²) in [5.41, 5.74) is 1.91. The first-order valence-corrected chi connectivity index (χ1v) is 7.42. The fraction of sp³-hybridized carbons (Fsp3) is 0.400. The van der Waals surface area contributed by atoms with Crippen LogP contribution in [0.2, 0.25) is 5.02 Å². The molecular weight excluding hydrogens is 286 g/mol. The summed E-state index contributed by atoms with van der Waals surface area (Å²) >= 11 is 6.12. The van der Waals surface area contributed by atoms with Gasteiger partial charge in [-0.3, -0.25) is 0 Å². The molecule has 1 heterocycles. The highest BCUT2D eigenvalue weighted by Crippen LogP contribution is 2.25. The number of nitrogens with zero attached hydrogens (tertiary/aromatic N) is 4. The van der Waals surface area contributed by atoms with Gasteiger partial charge in [0.05, 0.1) is 6.20 Å². The first kappa shape index (κ1) is 15.5. The van der Waals surface area contributed by atoms with E-state index in [2.05, 4.69) is 27.4 Å². The zero-order valence-corrected chi connectivity index (χ0v) is 13.4. The molecular formula is C15H20ClN5. The zero-order valence-electron chi connectivity index (χ0n) is 12.6. The number of halogens is 1.